The number of nitrogens with one attached hydrogen (secondary N) is 1. The summed E-state index contributed by atoms with van der Waals surface area (Å²) in [6.45, 7) is 6.56. The first-order chi connectivity index (χ1) is 15.7. The number of rotatable bonds is 8. The second-order valence-electron chi connectivity index (χ2n) is 9.99. The van der Waals surface area contributed by atoms with Gasteiger partial charge in [-0.05, 0) is 43.1 Å². The zero-order valence-electron chi connectivity index (χ0n) is 19.8. The van der Waals surface area contributed by atoms with Crippen LogP contribution < -0.4 is 5.32 Å². The van der Waals surface area contributed by atoms with Crippen molar-refractivity contribution in [3.05, 3.63) is 35.9 Å². The van der Waals surface area contributed by atoms with Crippen molar-refractivity contribution in [2.75, 3.05) is 13.7 Å². The molecule has 1 heterocycles. The number of likely N-dealkylation sites (tertiary alicyclic amines) is 1. The molecule has 4 rings (SSSR count). The topological polar surface area (TPSA) is 94.2 Å². The SMILES string of the molecule is COC(=O)[C@@H]1[C@@H]2[C@H](CN1C(=O)[C@@H](NC(=O)OCc1ccccc1)[C@@H](C)OC1CCC1)C2(C)C. The van der Waals surface area contributed by atoms with E-state index in [1.807, 2.05) is 30.3 Å². The van der Waals surface area contributed by atoms with Gasteiger partial charge in [0.1, 0.15) is 18.7 Å². The summed E-state index contributed by atoms with van der Waals surface area (Å²) in [5.41, 5.74) is 0.836. The summed E-state index contributed by atoms with van der Waals surface area (Å²) in [5, 5.41) is 2.72. The largest absolute Gasteiger partial charge is 0.467 e. The lowest BCUT2D eigenvalue weighted by Gasteiger charge is -2.36. The highest BCUT2D eigenvalue weighted by Gasteiger charge is 2.70. The average molecular weight is 459 g/mol. The second-order valence-corrected chi connectivity index (χ2v) is 9.99. The van der Waals surface area contributed by atoms with Crippen LogP contribution in [0.5, 0.6) is 0 Å². The maximum Gasteiger partial charge on any atom is 0.408 e. The number of nitrogens with zero attached hydrogens (tertiary/aromatic N) is 1. The smallest absolute Gasteiger partial charge is 0.408 e. The van der Waals surface area contributed by atoms with E-state index < -0.39 is 30.3 Å². The summed E-state index contributed by atoms with van der Waals surface area (Å²) < 4.78 is 16.4. The van der Waals surface area contributed by atoms with Gasteiger partial charge in [0.15, 0.2) is 0 Å². The van der Waals surface area contributed by atoms with Gasteiger partial charge in [0.05, 0.1) is 19.3 Å². The fraction of sp³-hybridized carbons (Fsp3) is 0.640. The van der Waals surface area contributed by atoms with Crippen molar-refractivity contribution in [2.24, 2.45) is 17.3 Å². The molecule has 0 bridgehead atoms. The molecule has 0 radical (unpaired) electrons. The molecule has 1 saturated heterocycles. The average Bonchev–Trinajstić information content (AvgIpc) is 3.11. The number of hydrogen-bond acceptors (Lipinski definition) is 6. The van der Waals surface area contributed by atoms with E-state index in [-0.39, 0.29) is 35.9 Å². The molecule has 1 aliphatic heterocycles. The third-order valence-corrected chi connectivity index (χ3v) is 7.62. The normalized spacial score (nSPS) is 27.0. The van der Waals surface area contributed by atoms with Crippen molar-refractivity contribution in [3.63, 3.8) is 0 Å². The number of alkyl carbamates (subject to hydrolysis) is 1. The van der Waals surface area contributed by atoms with Crippen molar-refractivity contribution in [3.8, 4) is 0 Å². The van der Waals surface area contributed by atoms with Gasteiger partial charge in [-0.15, -0.1) is 0 Å². The van der Waals surface area contributed by atoms with Gasteiger partial charge in [0.2, 0.25) is 5.91 Å². The number of benzene rings is 1. The second kappa shape index (κ2) is 9.33. The Hall–Kier alpha value is -2.61. The lowest BCUT2D eigenvalue weighted by molar-refractivity contribution is -0.156. The summed E-state index contributed by atoms with van der Waals surface area (Å²) in [6.07, 6.45) is 1.81. The minimum Gasteiger partial charge on any atom is -0.467 e. The van der Waals surface area contributed by atoms with E-state index >= 15 is 0 Å². The fourth-order valence-electron chi connectivity index (χ4n) is 5.24. The number of piperidine rings is 1. The van der Waals surface area contributed by atoms with E-state index in [9.17, 15) is 14.4 Å². The minimum atomic E-state index is -0.957. The molecule has 2 amide bonds. The van der Waals surface area contributed by atoms with Crippen molar-refractivity contribution in [1.29, 1.82) is 0 Å². The first-order valence-electron chi connectivity index (χ1n) is 11.7. The highest BCUT2D eigenvalue weighted by atomic mass is 16.6. The third kappa shape index (κ3) is 4.71. The van der Waals surface area contributed by atoms with Crippen molar-refractivity contribution in [1.82, 2.24) is 10.2 Å². The van der Waals surface area contributed by atoms with Crippen LogP contribution in [0.1, 0.15) is 45.6 Å². The summed E-state index contributed by atoms with van der Waals surface area (Å²) in [7, 11) is 1.34. The van der Waals surface area contributed by atoms with Gasteiger partial charge >= 0.3 is 12.1 Å². The molecule has 2 aliphatic carbocycles. The standard InChI is InChI=1S/C25H34N2O6/c1-15(33-17-11-8-12-17)20(26-24(30)32-14-16-9-6-5-7-10-16)22(28)27-13-18-19(25(18,2)3)21(27)23(29)31-4/h5-7,9-10,15,17-21H,8,11-14H2,1-4H3,(H,26,30)/t15-,18+,19+,20+,21+/m1/s1. The predicted octanol–water partition coefficient (Wildman–Crippen LogP) is 2.90. The Morgan fingerprint density at radius 2 is 1.88 bits per heavy atom. The van der Waals surface area contributed by atoms with Gasteiger partial charge in [0.25, 0.3) is 0 Å². The van der Waals surface area contributed by atoms with Crippen molar-refractivity contribution in [2.45, 2.75) is 70.9 Å². The van der Waals surface area contributed by atoms with Crippen LogP contribution in [0.15, 0.2) is 30.3 Å². The first kappa shape index (κ1) is 23.5. The van der Waals surface area contributed by atoms with Crippen LogP contribution in [-0.4, -0.2) is 60.8 Å². The molecule has 180 valence electrons. The number of carbonyl (C=O) groups is 3. The Bertz CT molecular complexity index is 884. The number of hydrogen-bond donors (Lipinski definition) is 1. The molecule has 0 aromatic heterocycles. The molecule has 2 saturated carbocycles. The molecule has 33 heavy (non-hydrogen) atoms. The lowest BCUT2D eigenvalue weighted by Crippen LogP contribution is -2.58. The first-order valence-corrected chi connectivity index (χ1v) is 11.7. The molecular weight excluding hydrogens is 424 g/mol. The molecule has 8 heteroatoms. The van der Waals surface area contributed by atoms with Gasteiger partial charge in [0, 0.05) is 12.5 Å². The number of esters is 1. The molecule has 3 aliphatic rings. The molecule has 3 fully saturated rings. The van der Waals surface area contributed by atoms with E-state index in [0.717, 1.165) is 24.8 Å². The molecule has 1 aromatic carbocycles. The van der Waals surface area contributed by atoms with E-state index in [1.54, 1.807) is 11.8 Å². The van der Waals surface area contributed by atoms with E-state index in [4.69, 9.17) is 14.2 Å². The van der Waals surface area contributed by atoms with Crippen LogP contribution in [0.4, 0.5) is 4.79 Å². The van der Waals surface area contributed by atoms with Crippen molar-refractivity contribution >= 4 is 18.0 Å². The maximum absolute atomic E-state index is 13.7. The van der Waals surface area contributed by atoms with Crippen LogP contribution in [0, 0.1) is 17.3 Å². The minimum absolute atomic E-state index is 0.0127. The summed E-state index contributed by atoms with van der Waals surface area (Å²) in [6, 6.07) is 7.73. The molecule has 8 nitrogen and oxygen atoms in total. The molecule has 1 aromatic rings. The van der Waals surface area contributed by atoms with E-state index in [0.29, 0.717) is 6.54 Å². The molecule has 0 unspecified atom stereocenters. The Balaban J connectivity index is 1.47. The van der Waals surface area contributed by atoms with Crippen LogP contribution in [0.2, 0.25) is 0 Å². The Morgan fingerprint density at radius 3 is 2.48 bits per heavy atom. The zero-order valence-corrected chi connectivity index (χ0v) is 19.8. The van der Waals surface area contributed by atoms with E-state index in [2.05, 4.69) is 19.2 Å². The Morgan fingerprint density at radius 1 is 1.18 bits per heavy atom. The number of amides is 2. The number of ether oxygens (including phenoxy) is 3. The predicted molar refractivity (Wildman–Crippen MR) is 120 cm³/mol. The highest BCUT2D eigenvalue weighted by Crippen LogP contribution is 2.65. The summed E-state index contributed by atoms with van der Waals surface area (Å²) >= 11 is 0. The zero-order chi connectivity index (χ0) is 23.8. The molecule has 0 spiro atoms. The quantitative estimate of drug-likeness (QED) is 0.602. The van der Waals surface area contributed by atoms with Gasteiger partial charge in [-0.3, -0.25) is 4.79 Å². The molecule has 1 N–H and O–H groups in total. The van der Waals surface area contributed by atoms with Crippen molar-refractivity contribution < 1.29 is 28.6 Å². The monoisotopic (exact) mass is 458 g/mol. The van der Waals surface area contributed by atoms with Gasteiger partial charge in [-0.2, -0.15) is 0 Å². The van der Waals surface area contributed by atoms with Crippen LogP contribution in [-0.2, 0) is 30.4 Å². The maximum atomic E-state index is 13.7. The summed E-state index contributed by atoms with van der Waals surface area (Å²) in [4.78, 5) is 40.4. The molecular formula is C25H34N2O6. The van der Waals surface area contributed by atoms with Gasteiger partial charge in [-0.25, -0.2) is 9.59 Å². The van der Waals surface area contributed by atoms with Crippen LogP contribution in [0.3, 0.4) is 0 Å². The van der Waals surface area contributed by atoms with Crippen LogP contribution in [0.25, 0.3) is 0 Å². The Kier molecular flexibility index (Phi) is 6.66. The van der Waals surface area contributed by atoms with E-state index in [1.165, 1.54) is 7.11 Å². The number of carbonyl (C=O) groups excluding carboxylic acids is 3. The van der Waals surface area contributed by atoms with Crippen LogP contribution >= 0.6 is 0 Å². The highest BCUT2D eigenvalue weighted by molar-refractivity contribution is 5.91. The fourth-order valence-corrected chi connectivity index (χ4v) is 5.24. The van der Waals surface area contributed by atoms with Gasteiger partial charge < -0.3 is 24.4 Å². The number of methoxy groups -OCH3 is 1. The number of fused-ring (bicyclic) bond motifs is 1. The van der Waals surface area contributed by atoms with Gasteiger partial charge in [-0.1, -0.05) is 44.2 Å². The molecule has 5 atom stereocenters. The Labute approximate surface area is 194 Å². The summed E-state index contributed by atoms with van der Waals surface area (Å²) in [5.74, 6) is -0.460. The lowest BCUT2D eigenvalue weighted by atomic mass is 9.95. The third-order valence-electron chi connectivity index (χ3n) is 7.62.